The van der Waals surface area contributed by atoms with Crippen LogP contribution in [0.5, 0.6) is 0 Å². The summed E-state index contributed by atoms with van der Waals surface area (Å²) in [6.45, 7) is 12.5. The van der Waals surface area contributed by atoms with Gasteiger partial charge in [-0.05, 0) is 83.0 Å². The van der Waals surface area contributed by atoms with E-state index in [-0.39, 0.29) is 0 Å². The first kappa shape index (κ1) is 18.7. The Bertz CT molecular complexity index is 934. The molecule has 2 heteroatoms. The Kier molecular flexibility index (Phi) is 4.95. The highest BCUT2D eigenvalue weighted by molar-refractivity contribution is 7.85. The first-order valence-electron chi connectivity index (χ1n) is 9.06. The fourth-order valence-corrected chi connectivity index (χ4v) is 6.73. The minimum atomic E-state index is -2.93. The van der Waals surface area contributed by atoms with Crippen molar-refractivity contribution >= 4 is 23.1 Å². The van der Waals surface area contributed by atoms with E-state index < -0.39 is 7.14 Å². The highest BCUT2D eigenvalue weighted by atomic mass is 31.2. The first-order valence-corrected chi connectivity index (χ1v) is 10.8. The second kappa shape index (κ2) is 6.89. The molecule has 3 aromatic rings. The molecular weight excluding hydrogens is 335 g/mol. The largest absolute Gasteiger partial charge is 0.309 e. The molecule has 3 aromatic carbocycles. The van der Waals surface area contributed by atoms with Crippen molar-refractivity contribution in [2.45, 2.75) is 41.5 Å². The van der Waals surface area contributed by atoms with Crippen LogP contribution in [0.3, 0.4) is 0 Å². The van der Waals surface area contributed by atoms with Crippen LogP contribution in [0.2, 0.25) is 0 Å². The van der Waals surface area contributed by atoms with E-state index in [2.05, 4.69) is 90.1 Å². The van der Waals surface area contributed by atoms with Crippen LogP contribution in [0.1, 0.15) is 33.4 Å². The van der Waals surface area contributed by atoms with Crippen LogP contribution in [-0.2, 0) is 4.57 Å². The average molecular weight is 362 g/mol. The van der Waals surface area contributed by atoms with Crippen LogP contribution in [0.25, 0.3) is 0 Å². The van der Waals surface area contributed by atoms with Crippen molar-refractivity contribution in [1.29, 1.82) is 0 Å². The number of hydrogen-bond acceptors (Lipinski definition) is 1. The molecule has 0 radical (unpaired) electrons. The summed E-state index contributed by atoms with van der Waals surface area (Å²) in [4.78, 5) is 0. The van der Waals surface area contributed by atoms with E-state index in [4.69, 9.17) is 0 Å². The van der Waals surface area contributed by atoms with Gasteiger partial charge in [0, 0.05) is 15.9 Å². The fraction of sp³-hybridized carbons (Fsp3) is 0.250. The van der Waals surface area contributed by atoms with Gasteiger partial charge in [0.05, 0.1) is 0 Å². The second-order valence-corrected chi connectivity index (χ2v) is 10.3. The smallest absolute Gasteiger partial charge is 0.171 e. The van der Waals surface area contributed by atoms with Crippen molar-refractivity contribution in [3.05, 3.63) is 88.0 Å². The third-order valence-electron chi connectivity index (χ3n) is 4.99. The molecule has 1 nitrogen and oxygen atoms in total. The summed E-state index contributed by atoms with van der Waals surface area (Å²) in [6.07, 6.45) is 0. The van der Waals surface area contributed by atoms with Gasteiger partial charge in [0.25, 0.3) is 0 Å². The van der Waals surface area contributed by atoms with Gasteiger partial charge >= 0.3 is 0 Å². The molecule has 0 fully saturated rings. The molecule has 0 aromatic heterocycles. The number of rotatable bonds is 3. The zero-order valence-corrected chi connectivity index (χ0v) is 17.4. The Morgan fingerprint density at radius 2 is 0.923 bits per heavy atom. The number of benzene rings is 3. The number of aryl methyl sites for hydroxylation is 6. The van der Waals surface area contributed by atoms with Gasteiger partial charge in [0.15, 0.2) is 7.14 Å². The molecule has 0 unspecified atom stereocenters. The third-order valence-corrected chi connectivity index (χ3v) is 7.97. The van der Waals surface area contributed by atoms with Gasteiger partial charge in [-0.1, -0.05) is 46.5 Å². The normalized spacial score (nSPS) is 11.6. The van der Waals surface area contributed by atoms with Gasteiger partial charge in [0.1, 0.15) is 0 Å². The van der Waals surface area contributed by atoms with Crippen molar-refractivity contribution < 1.29 is 4.57 Å². The van der Waals surface area contributed by atoms with Crippen molar-refractivity contribution in [2.75, 3.05) is 0 Å². The van der Waals surface area contributed by atoms with E-state index in [1.807, 2.05) is 6.07 Å². The van der Waals surface area contributed by atoms with Crippen LogP contribution >= 0.6 is 7.14 Å². The monoisotopic (exact) mass is 362 g/mol. The van der Waals surface area contributed by atoms with E-state index in [0.29, 0.717) is 0 Å². The summed E-state index contributed by atoms with van der Waals surface area (Å²) < 4.78 is 14.7. The Morgan fingerprint density at radius 3 is 1.31 bits per heavy atom. The molecule has 0 spiro atoms. The SMILES string of the molecule is Cc1cc(C)cc(P(=O)(c2cc(C)cc(C)c2)c2ccc(C)c(C)c2)c1. The molecule has 0 atom stereocenters. The van der Waals surface area contributed by atoms with Gasteiger partial charge in [-0.15, -0.1) is 0 Å². The van der Waals surface area contributed by atoms with Gasteiger partial charge in [0.2, 0.25) is 0 Å². The van der Waals surface area contributed by atoms with Gasteiger partial charge < -0.3 is 4.57 Å². The van der Waals surface area contributed by atoms with Crippen molar-refractivity contribution in [3.8, 4) is 0 Å². The molecule has 0 amide bonds. The van der Waals surface area contributed by atoms with Crippen molar-refractivity contribution in [1.82, 2.24) is 0 Å². The Morgan fingerprint density at radius 1 is 0.500 bits per heavy atom. The van der Waals surface area contributed by atoms with Gasteiger partial charge in [-0.25, -0.2) is 0 Å². The topological polar surface area (TPSA) is 17.1 Å². The van der Waals surface area contributed by atoms with Gasteiger partial charge in [-0.2, -0.15) is 0 Å². The summed E-state index contributed by atoms with van der Waals surface area (Å²) in [5.41, 5.74) is 6.99. The van der Waals surface area contributed by atoms with Crippen LogP contribution < -0.4 is 15.9 Å². The van der Waals surface area contributed by atoms with Crippen molar-refractivity contribution in [3.63, 3.8) is 0 Å². The quantitative estimate of drug-likeness (QED) is 0.587. The van der Waals surface area contributed by atoms with Crippen LogP contribution in [0.15, 0.2) is 54.6 Å². The molecule has 0 N–H and O–H groups in total. The summed E-state index contributed by atoms with van der Waals surface area (Å²) in [5.74, 6) is 0. The molecule has 3 rings (SSSR count). The Labute approximate surface area is 157 Å². The standard InChI is InChI=1S/C24H27OP/c1-16-9-17(2)12-23(11-16)26(25,22-8-7-20(5)21(6)15-22)24-13-18(3)10-19(4)14-24/h7-15H,1-6H3. The lowest BCUT2D eigenvalue weighted by Crippen LogP contribution is -2.26. The molecule has 0 aliphatic heterocycles. The lowest BCUT2D eigenvalue weighted by molar-refractivity contribution is 0.592. The lowest BCUT2D eigenvalue weighted by Gasteiger charge is -2.23. The third kappa shape index (κ3) is 3.41. The lowest BCUT2D eigenvalue weighted by atomic mass is 10.1. The van der Waals surface area contributed by atoms with E-state index in [1.54, 1.807) is 0 Å². The van der Waals surface area contributed by atoms with E-state index in [1.165, 1.54) is 11.1 Å². The average Bonchev–Trinajstić information content (AvgIpc) is 2.54. The highest BCUT2D eigenvalue weighted by Crippen LogP contribution is 2.43. The maximum atomic E-state index is 14.7. The molecule has 0 heterocycles. The van der Waals surface area contributed by atoms with Crippen molar-refractivity contribution in [2.24, 2.45) is 0 Å². The molecule has 0 saturated carbocycles. The maximum Gasteiger partial charge on any atom is 0.171 e. The summed E-state index contributed by atoms with van der Waals surface area (Å²) in [5, 5.41) is 2.75. The van der Waals surface area contributed by atoms with Crippen LogP contribution in [0, 0.1) is 41.5 Å². The predicted octanol–water partition coefficient (Wildman–Crippen LogP) is 5.18. The molecular formula is C24H27OP. The Balaban J connectivity index is 2.38. The summed E-state index contributed by atoms with van der Waals surface area (Å²) in [6, 6.07) is 18.8. The molecule has 0 saturated heterocycles. The minimum absolute atomic E-state index is 0.913. The van der Waals surface area contributed by atoms with E-state index in [9.17, 15) is 4.57 Å². The zero-order valence-electron chi connectivity index (χ0n) is 16.6. The molecule has 0 aliphatic rings. The molecule has 0 aliphatic carbocycles. The maximum absolute atomic E-state index is 14.7. The molecule has 0 bridgehead atoms. The van der Waals surface area contributed by atoms with E-state index >= 15 is 0 Å². The first-order chi connectivity index (χ1) is 12.2. The van der Waals surface area contributed by atoms with E-state index in [0.717, 1.165) is 38.2 Å². The fourth-order valence-electron chi connectivity index (χ4n) is 3.63. The Hall–Kier alpha value is -2.11. The minimum Gasteiger partial charge on any atom is -0.309 e. The molecule has 26 heavy (non-hydrogen) atoms. The van der Waals surface area contributed by atoms with Crippen LogP contribution in [-0.4, -0.2) is 0 Å². The number of hydrogen-bond donors (Lipinski definition) is 0. The predicted molar refractivity (Wildman–Crippen MR) is 114 cm³/mol. The zero-order chi connectivity index (χ0) is 19.1. The second-order valence-electron chi connectivity index (χ2n) is 7.57. The molecule has 134 valence electrons. The summed E-state index contributed by atoms with van der Waals surface area (Å²) in [7, 11) is -2.93. The van der Waals surface area contributed by atoms with Gasteiger partial charge in [-0.3, -0.25) is 0 Å². The van der Waals surface area contributed by atoms with Crippen LogP contribution in [0.4, 0.5) is 0 Å². The highest BCUT2D eigenvalue weighted by Gasteiger charge is 2.30. The summed E-state index contributed by atoms with van der Waals surface area (Å²) >= 11 is 0.